The highest BCUT2D eigenvalue weighted by molar-refractivity contribution is 5.88. The average Bonchev–Trinajstić information content (AvgIpc) is 3.09. The van der Waals surface area contributed by atoms with E-state index in [1.807, 2.05) is 0 Å². The summed E-state index contributed by atoms with van der Waals surface area (Å²) in [5, 5.41) is 12.2. The van der Waals surface area contributed by atoms with Crippen molar-refractivity contribution >= 4 is 17.8 Å². The second-order valence-electron chi connectivity index (χ2n) is 7.20. The van der Waals surface area contributed by atoms with Gasteiger partial charge in [0.2, 0.25) is 5.91 Å². The van der Waals surface area contributed by atoms with Gasteiger partial charge in [-0.15, -0.1) is 0 Å². The molecule has 0 spiro atoms. The zero-order chi connectivity index (χ0) is 19.9. The number of amides is 1. The van der Waals surface area contributed by atoms with Crippen LogP contribution in [-0.2, 0) is 23.9 Å². The fraction of sp³-hybridized carbons (Fsp3) is 0.850. The number of hydrogen-bond donors (Lipinski definition) is 2. The van der Waals surface area contributed by atoms with Crippen LogP contribution in [0.5, 0.6) is 0 Å². The van der Waals surface area contributed by atoms with Gasteiger partial charge < -0.3 is 19.9 Å². The number of aliphatic hydroxyl groups excluding tert-OH is 1. The fourth-order valence-electron chi connectivity index (χ4n) is 2.96. The molecule has 7 nitrogen and oxygen atoms in total. The van der Waals surface area contributed by atoms with Crippen LogP contribution in [-0.4, -0.2) is 48.3 Å². The Bertz CT molecular complexity index is 454. The van der Waals surface area contributed by atoms with Crippen molar-refractivity contribution in [2.45, 2.75) is 96.1 Å². The lowest BCUT2D eigenvalue weighted by Crippen LogP contribution is -2.36. The minimum atomic E-state index is -1.06. The quantitative estimate of drug-likeness (QED) is 0.332. The standard InChI is InChI=1S/C20H35NO6/c1-2-3-4-5-6-7-8-9-10-11-19(24)26-14-16(22)15-27-20(25)17-12-13-18(23)21-17/h16-17,22H,2-15H2,1H3,(H,21,23)/t16?,17-/m0/s1. The molecular weight excluding hydrogens is 350 g/mol. The van der Waals surface area contributed by atoms with Crippen molar-refractivity contribution in [2.75, 3.05) is 13.2 Å². The third kappa shape index (κ3) is 11.6. The molecule has 1 saturated heterocycles. The SMILES string of the molecule is CCCCCCCCCCCC(=O)OCC(O)COC(=O)[C@@H]1CCC(=O)N1. The normalized spacial score (nSPS) is 17.4. The van der Waals surface area contributed by atoms with Gasteiger partial charge in [0.25, 0.3) is 0 Å². The van der Waals surface area contributed by atoms with E-state index in [1.54, 1.807) is 0 Å². The summed E-state index contributed by atoms with van der Waals surface area (Å²) in [5.41, 5.74) is 0. The lowest BCUT2D eigenvalue weighted by atomic mass is 10.1. The van der Waals surface area contributed by atoms with Gasteiger partial charge in [-0.2, -0.15) is 0 Å². The second-order valence-corrected chi connectivity index (χ2v) is 7.20. The monoisotopic (exact) mass is 385 g/mol. The number of hydrogen-bond acceptors (Lipinski definition) is 6. The van der Waals surface area contributed by atoms with Crippen LogP contribution in [0.2, 0.25) is 0 Å². The number of rotatable bonds is 15. The van der Waals surface area contributed by atoms with Gasteiger partial charge in [-0.25, -0.2) is 4.79 Å². The molecule has 0 aromatic rings. The first-order valence-corrected chi connectivity index (χ1v) is 10.3. The number of carbonyl (C=O) groups is 3. The molecule has 1 heterocycles. The predicted octanol–water partition coefficient (Wildman–Crippen LogP) is 2.63. The Morgan fingerprint density at radius 2 is 1.63 bits per heavy atom. The highest BCUT2D eigenvalue weighted by Gasteiger charge is 2.28. The van der Waals surface area contributed by atoms with E-state index in [9.17, 15) is 19.5 Å². The maximum Gasteiger partial charge on any atom is 0.328 e. The van der Waals surface area contributed by atoms with Gasteiger partial charge in [-0.1, -0.05) is 58.3 Å². The maximum absolute atomic E-state index is 11.7. The van der Waals surface area contributed by atoms with E-state index in [4.69, 9.17) is 9.47 Å². The Balaban J connectivity index is 1.94. The zero-order valence-electron chi connectivity index (χ0n) is 16.5. The largest absolute Gasteiger partial charge is 0.463 e. The molecule has 1 fully saturated rings. The van der Waals surface area contributed by atoms with Crippen LogP contribution in [0.3, 0.4) is 0 Å². The molecule has 0 radical (unpaired) electrons. The number of nitrogens with one attached hydrogen (secondary N) is 1. The summed E-state index contributed by atoms with van der Waals surface area (Å²) in [6.45, 7) is 1.76. The van der Waals surface area contributed by atoms with Crippen LogP contribution in [0, 0.1) is 0 Å². The molecule has 1 amide bonds. The van der Waals surface area contributed by atoms with Crippen molar-refractivity contribution in [3.8, 4) is 0 Å². The van der Waals surface area contributed by atoms with Crippen molar-refractivity contribution in [3.05, 3.63) is 0 Å². The number of ether oxygens (including phenoxy) is 2. The summed E-state index contributed by atoms with van der Waals surface area (Å²) in [6, 6.07) is -0.640. The van der Waals surface area contributed by atoms with Crippen LogP contribution < -0.4 is 5.32 Å². The number of unbranched alkanes of at least 4 members (excludes halogenated alkanes) is 8. The number of esters is 2. The minimum absolute atomic E-state index is 0.178. The van der Waals surface area contributed by atoms with Crippen LogP contribution in [0.1, 0.15) is 84.0 Å². The van der Waals surface area contributed by atoms with Crippen molar-refractivity contribution in [2.24, 2.45) is 0 Å². The van der Waals surface area contributed by atoms with E-state index in [1.165, 1.54) is 38.5 Å². The van der Waals surface area contributed by atoms with Crippen molar-refractivity contribution in [1.29, 1.82) is 0 Å². The van der Waals surface area contributed by atoms with E-state index < -0.39 is 18.1 Å². The van der Waals surface area contributed by atoms with E-state index >= 15 is 0 Å². The number of aliphatic hydroxyl groups is 1. The van der Waals surface area contributed by atoms with Crippen molar-refractivity contribution in [1.82, 2.24) is 5.32 Å². The van der Waals surface area contributed by atoms with Crippen LogP contribution in [0.25, 0.3) is 0 Å². The third-order valence-corrected chi connectivity index (χ3v) is 4.62. The third-order valence-electron chi connectivity index (χ3n) is 4.62. The smallest absolute Gasteiger partial charge is 0.328 e. The van der Waals surface area contributed by atoms with Crippen molar-refractivity contribution < 1.29 is 29.0 Å². The molecule has 0 saturated carbocycles. The molecule has 0 aromatic carbocycles. The topological polar surface area (TPSA) is 102 Å². The van der Waals surface area contributed by atoms with Crippen molar-refractivity contribution in [3.63, 3.8) is 0 Å². The molecule has 1 aliphatic heterocycles. The summed E-state index contributed by atoms with van der Waals surface area (Å²) in [6.07, 6.45) is 10.6. The second kappa shape index (κ2) is 14.4. The molecule has 1 unspecified atom stereocenters. The van der Waals surface area contributed by atoms with Crippen LogP contribution in [0.4, 0.5) is 0 Å². The van der Waals surface area contributed by atoms with E-state index in [2.05, 4.69) is 12.2 Å². The molecule has 0 aromatic heterocycles. The molecular formula is C20H35NO6. The highest BCUT2D eigenvalue weighted by Crippen LogP contribution is 2.11. The highest BCUT2D eigenvalue weighted by atomic mass is 16.6. The van der Waals surface area contributed by atoms with E-state index in [-0.39, 0.29) is 25.1 Å². The molecule has 0 aliphatic carbocycles. The molecule has 1 aliphatic rings. The molecule has 2 N–H and O–H groups in total. The maximum atomic E-state index is 11.7. The Hall–Kier alpha value is -1.63. The molecule has 0 bridgehead atoms. The Labute approximate surface area is 162 Å². The number of carbonyl (C=O) groups excluding carboxylic acids is 3. The fourth-order valence-corrected chi connectivity index (χ4v) is 2.96. The summed E-state index contributed by atoms with van der Waals surface area (Å²) >= 11 is 0. The minimum Gasteiger partial charge on any atom is -0.463 e. The van der Waals surface area contributed by atoms with Gasteiger partial charge in [0, 0.05) is 12.8 Å². The Morgan fingerprint density at radius 1 is 1.04 bits per heavy atom. The van der Waals surface area contributed by atoms with E-state index in [0.29, 0.717) is 19.3 Å². The summed E-state index contributed by atoms with van der Waals surface area (Å²) in [4.78, 5) is 34.4. The van der Waals surface area contributed by atoms with Gasteiger partial charge in [-0.3, -0.25) is 9.59 Å². The summed E-state index contributed by atoms with van der Waals surface area (Å²) < 4.78 is 9.93. The Kier molecular flexibility index (Phi) is 12.5. The molecule has 27 heavy (non-hydrogen) atoms. The molecule has 156 valence electrons. The van der Waals surface area contributed by atoms with Gasteiger partial charge in [0.15, 0.2) is 0 Å². The summed E-state index contributed by atoms with van der Waals surface area (Å²) in [7, 11) is 0. The van der Waals surface area contributed by atoms with Gasteiger partial charge in [0.05, 0.1) is 0 Å². The lowest BCUT2D eigenvalue weighted by Gasteiger charge is -2.14. The first kappa shape index (κ1) is 23.4. The predicted molar refractivity (Wildman–Crippen MR) is 101 cm³/mol. The van der Waals surface area contributed by atoms with Crippen LogP contribution in [0.15, 0.2) is 0 Å². The Morgan fingerprint density at radius 3 is 2.22 bits per heavy atom. The molecule has 2 atom stereocenters. The lowest BCUT2D eigenvalue weighted by molar-refractivity contribution is -0.154. The van der Waals surface area contributed by atoms with E-state index in [0.717, 1.165) is 19.3 Å². The summed E-state index contributed by atoms with van der Waals surface area (Å²) in [5.74, 6) is -1.09. The van der Waals surface area contributed by atoms with Crippen LogP contribution >= 0.6 is 0 Å². The average molecular weight is 386 g/mol. The zero-order valence-corrected chi connectivity index (χ0v) is 16.5. The molecule has 1 rings (SSSR count). The first-order chi connectivity index (χ1) is 13.0. The van der Waals surface area contributed by atoms with Gasteiger partial charge in [-0.05, 0) is 12.8 Å². The molecule has 7 heteroatoms. The van der Waals surface area contributed by atoms with Gasteiger partial charge in [0.1, 0.15) is 25.4 Å². The first-order valence-electron chi connectivity index (χ1n) is 10.3. The van der Waals surface area contributed by atoms with Gasteiger partial charge >= 0.3 is 11.9 Å².